The van der Waals surface area contributed by atoms with Crippen LogP contribution in [0.4, 0.5) is 5.69 Å². The fourth-order valence-corrected chi connectivity index (χ4v) is 4.74. The minimum Gasteiger partial charge on any atom is -0.495 e. The maximum atomic E-state index is 13.4. The van der Waals surface area contributed by atoms with Crippen LogP contribution in [0, 0.1) is 6.92 Å². The van der Waals surface area contributed by atoms with Crippen LogP contribution in [-0.2, 0) is 14.8 Å². The molecule has 0 aliphatic carbocycles. The lowest BCUT2D eigenvalue weighted by Crippen LogP contribution is -2.37. The summed E-state index contributed by atoms with van der Waals surface area (Å²) in [4.78, 5) is 13.1. The third kappa shape index (κ3) is 5.60. The molecule has 8 heteroatoms. The lowest BCUT2D eigenvalue weighted by Gasteiger charge is -2.23. The van der Waals surface area contributed by atoms with E-state index in [4.69, 9.17) is 21.1 Å². The highest BCUT2D eigenvalue weighted by molar-refractivity contribution is 7.93. The summed E-state index contributed by atoms with van der Waals surface area (Å²) in [5, 5.41) is 0.203. The van der Waals surface area contributed by atoms with E-state index >= 15 is 0 Å². The number of aryl methyl sites for hydroxylation is 1. The van der Waals surface area contributed by atoms with Gasteiger partial charge in [0, 0.05) is 6.42 Å². The molecule has 0 aromatic heterocycles. The molecule has 0 saturated heterocycles. The minimum absolute atomic E-state index is 0.0175. The van der Waals surface area contributed by atoms with Gasteiger partial charge in [-0.05, 0) is 55.8 Å². The fourth-order valence-electron chi connectivity index (χ4n) is 3.05. The number of carbonyl (C=O) groups is 1. The molecule has 3 aromatic carbocycles. The van der Waals surface area contributed by atoms with Crippen LogP contribution in [-0.4, -0.2) is 28.0 Å². The van der Waals surface area contributed by atoms with Crippen LogP contribution in [0.3, 0.4) is 0 Å². The molecule has 0 saturated carbocycles. The molecule has 0 atom stereocenters. The summed E-state index contributed by atoms with van der Waals surface area (Å²) in [6, 6.07) is 20.0. The number of halogens is 1. The Balaban J connectivity index is 1.85. The Kier molecular flexibility index (Phi) is 7.77. The van der Waals surface area contributed by atoms with Crippen molar-refractivity contribution >= 4 is 33.2 Å². The SMILES string of the molecule is COc1ccc(N(C(=O)CCCOc2ccccc2)S(=O)(=O)c2ccc(C)cc2)cc1Cl. The van der Waals surface area contributed by atoms with Gasteiger partial charge in [-0.1, -0.05) is 47.5 Å². The van der Waals surface area contributed by atoms with Crippen molar-refractivity contribution < 1.29 is 22.7 Å². The van der Waals surface area contributed by atoms with E-state index in [1.807, 2.05) is 37.3 Å². The first kappa shape index (κ1) is 23.6. The molecule has 0 aliphatic rings. The molecule has 3 rings (SSSR count). The van der Waals surface area contributed by atoms with Crippen molar-refractivity contribution in [3.63, 3.8) is 0 Å². The van der Waals surface area contributed by atoms with Crippen LogP contribution in [0.25, 0.3) is 0 Å². The molecule has 0 fully saturated rings. The van der Waals surface area contributed by atoms with Crippen LogP contribution in [0.1, 0.15) is 18.4 Å². The molecule has 0 unspecified atom stereocenters. The van der Waals surface area contributed by atoms with Gasteiger partial charge in [0.15, 0.2) is 0 Å². The number of rotatable bonds is 9. The van der Waals surface area contributed by atoms with E-state index in [9.17, 15) is 13.2 Å². The van der Waals surface area contributed by atoms with Crippen molar-refractivity contribution in [1.82, 2.24) is 0 Å². The number of hydrogen-bond acceptors (Lipinski definition) is 5. The molecule has 0 radical (unpaired) electrons. The molecule has 168 valence electrons. The van der Waals surface area contributed by atoms with Crippen LogP contribution >= 0.6 is 11.6 Å². The number of methoxy groups -OCH3 is 1. The van der Waals surface area contributed by atoms with Crippen molar-refractivity contribution in [2.24, 2.45) is 0 Å². The van der Waals surface area contributed by atoms with Gasteiger partial charge in [0.2, 0.25) is 5.91 Å². The highest BCUT2D eigenvalue weighted by Crippen LogP contribution is 2.32. The van der Waals surface area contributed by atoms with Gasteiger partial charge in [0.05, 0.1) is 29.3 Å². The van der Waals surface area contributed by atoms with Crippen LogP contribution in [0.5, 0.6) is 11.5 Å². The van der Waals surface area contributed by atoms with Crippen LogP contribution in [0.15, 0.2) is 77.7 Å². The van der Waals surface area contributed by atoms with Crippen molar-refractivity contribution in [2.75, 3.05) is 18.0 Å². The van der Waals surface area contributed by atoms with Crippen LogP contribution < -0.4 is 13.8 Å². The number of anilines is 1. The first-order chi connectivity index (χ1) is 15.3. The number of ether oxygens (including phenoxy) is 2. The maximum absolute atomic E-state index is 13.4. The predicted molar refractivity (Wildman–Crippen MR) is 125 cm³/mol. The van der Waals surface area contributed by atoms with Gasteiger partial charge in [-0.2, -0.15) is 0 Å². The molecular weight excluding hydrogens is 450 g/mol. The second kappa shape index (κ2) is 10.5. The molecule has 32 heavy (non-hydrogen) atoms. The number of nitrogens with zero attached hydrogens (tertiary/aromatic N) is 1. The number of amides is 1. The zero-order valence-electron chi connectivity index (χ0n) is 17.8. The average Bonchev–Trinajstić information content (AvgIpc) is 2.78. The summed E-state index contributed by atoms with van der Waals surface area (Å²) in [6.07, 6.45) is 0.319. The van der Waals surface area contributed by atoms with Gasteiger partial charge in [0.25, 0.3) is 10.0 Å². The molecule has 0 bridgehead atoms. The number of carbonyl (C=O) groups excluding carboxylic acids is 1. The van der Waals surface area contributed by atoms with Gasteiger partial charge in [0.1, 0.15) is 11.5 Å². The van der Waals surface area contributed by atoms with E-state index in [-0.39, 0.29) is 28.6 Å². The van der Waals surface area contributed by atoms with Gasteiger partial charge < -0.3 is 9.47 Å². The quantitative estimate of drug-likeness (QED) is 0.397. The van der Waals surface area contributed by atoms with Gasteiger partial charge in [-0.15, -0.1) is 0 Å². The Hall–Kier alpha value is -3.03. The largest absolute Gasteiger partial charge is 0.495 e. The van der Waals surface area contributed by atoms with Crippen LogP contribution in [0.2, 0.25) is 5.02 Å². The number of sulfonamides is 1. The minimum atomic E-state index is -4.15. The van der Waals surface area contributed by atoms with Gasteiger partial charge in [-0.25, -0.2) is 12.7 Å². The Labute approximate surface area is 193 Å². The second-order valence-electron chi connectivity index (χ2n) is 7.06. The molecule has 0 aliphatic heterocycles. The van der Waals surface area contributed by atoms with Crippen molar-refractivity contribution in [2.45, 2.75) is 24.7 Å². The first-order valence-electron chi connectivity index (χ1n) is 9.99. The van der Waals surface area contributed by atoms with E-state index in [1.165, 1.54) is 37.4 Å². The standard InChI is InChI=1S/C24H24ClNO5S/c1-18-10-13-21(14-11-18)32(28,29)26(19-12-15-23(30-2)22(25)17-19)24(27)9-6-16-31-20-7-4-3-5-8-20/h3-5,7-8,10-15,17H,6,9,16H2,1-2H3. The highest BCUT2D eigenvalue weighted by atomic mass is 35.5. The first-order valence-corrected chi connectivity index (χ1v) is 11.8. The third-order valence-corrected chi connectivity index (χ3v) is 6.76. The fraction of sp³-hybridized carbons (Fsp3) is 0.208. The topological polar surface area (TPSA) is 72.9 Å². The maximum Gasteiger partial charge on any atom is 0.270 e. The highest BCUT2D eigenvalue weighted by Gasteiger charge is 2.31. The molecule has 0 spiro atoms. The van der Waals surface area contributed by atoms with Gasteiger partial charge in [-0.3, -0.25) is 4.79 Å². The summed E-state index contributed by atoms with van der Waals surface area (Å²) in [5.74, 6) is 0.487. The lowest BCUT2D eigenvalue weighted by atomic mass is 10.2. The normalized spacial score (nSPS) is 11.1. The van der Waals surface area contributed by atoms with Crippen molar-refractivity contribution in [3.05, 3.63) is 83.4 Å². The van der Waals surface area contributed by atoms with Crippen molar-refractivity contribution in [3.8, 4) is 11.5 Å². The molecule has 3 aromatic rings. The zero-order valence-corrected chi connectivity index (χ0v) is 19.4. The summed E-state index contributed by atoms with van der Waals surface area (Å²) >= 11 is 6.21. The molecular formula is C24H24ClNO5S. The summed E-state index contributed by atoms with van der Waals surface area (Å²) in [7, 11) is -2.69. The number of benzene rings is 3. The molecule has 0 N–H and O–H groups in total. The van der Waals surface area contributed by atoms with E-state index in [0.717, 1.165) is 9.87 Å². The van der Waals surface area contributed by atoms with E-state index < -0.39 is 15.9 Å². The Morgan fingerprint density at radius 3 is 2.31 bits per heavy atom. The zero-order chi connectivity index (χ0) is 23.1. The number of hydrogen-bond donors (Lipinski definition) is 0. The predicted octanol–water partition coefficient (Wildman–Crippen LogP) is 5.24. The lowest BCUT2D eigenvalue weighted by molar-refractivity contribution is -0.117. The van der Waals surface area contributed by atoms with Crippen molar-refractivity contribution in [1.29, 1.82) is 0 Å². The Morgan fingerprint density at radius 1 is 1.00 bits per heavy atom. The van der Waals surface area contributed by atoms with E-state index in [2.05, 4.69) is 0 Å². The Morgan fingerprint density at radius 2 is 1.69 bits per heavy atom. The second-order valence-corrected chi connectivity index (χ2v) is 9.25. The molecule has 6 nitrogen and oxygen atoms in total. The summed E-state index contributed by atoms with van der Waals surface area (Å²) < 4.78 is 38.4. The monoisotopic (exact) mass is 473 g/mol. The van der Waals surface area contributed by atoms with E-state index in [0.29, 0.717) is 17.9 Å². The third-order valence-electron chi connectivity index (χ3n) is 4.70. The average molecular weight is 474 g/mol. The summed E-state index contributed by atoms with van der Waals surface area (Å²) in [6.45, 7) is 2.13. The van der Waals surface area contributed by atoms with E-state index in [1.54, 1.807) is 12.1 Å². The smallest absolute Gasteiger partial charge is 0.270 e. The van der Waals surface area contributed by atoms with Gasteiger partial charge >= 0.3 is 0 Å². The molecule has 0 heterocycles. The Bertz CT molecular complexity index is 1160. The number of para-hydroxylation sites is 1. The summed E-state index contributed by atoms with van der Waals surface area (Å²) in [5.41, 5.74) is 1.05. The molecule has 1 amide bonds.